The molecule has 0 fully saturated rings. The van der Waals surface area contributed by atoms with E-state index in [1.807, 2.05) is 13.8 Å². The highest BCUT2D eigenvalue weighted by atomic mass is 28.2. The molecule has 0 aliphatic heterocycles. The zero-order valence-corrected chi connectivity index (χ0v) is 11.3. The second-order valence-corrected chi connectivity index (χ2v) is 4.73. The second kappa shape index (κ2) is 7.49. The summed E-state index contributed by atoms with van der Waals surface area (Å²) in [5.41, 5.74) is 0. The Morgan fingerprint density at radius 2 is 1.59 bits per heavy atom. The van der Waals surface area contributed by atoms with Gasteiger partial charge in [-0.05, 0) is 31.2 Å². The Hall–Kier alpha value is -0.823. The summed E-state index contributed by atoms with van der Waals surface area (Å²) in [6.07, 6.45) is 0. The molecule has 6 heteroatoms. The number of benzene rings is 1. The van der Waals surface area contributed by atoms with Crippen LogP contribution in [0.3, 0.4) is 0 Å². The van der Waals surface area contributed by atoms with Crippen molar-refractivity contribution < 1.29 is 22.7 Å². The molecule has 0 spiro atoms. The normalized spacial score (nSPS) is 11.8. The van der Waals surface area contributed by atoms with E-state index >= 15 is 0 Å². The summed E-state index contributed by atoms with van der Waals surface area (Å²) in [4.78, 5) is 0. The predicted octanol–water partition coefficient (Wildman–Crippen LogP) is 1.05. The molecular weight excluding hydrogens is 246 g/mol. The van der Waals surface area contributed by atoms with Gasteiger partial charge in [-0.3, -0.25) is 0 Å². The van der Waals surface area contributed by atoms with Crippen molar-refractivity contribution in [1.82, 2.24) is 0 Å². The molecule has 0 heterocycles. The van der Waals surface area contributed by atoms with Gasteiger partial charge < -0.3 is 13.9 Å². The summed E-state index contributed by atoms with van der Waals surface area (Å²) in [5.74, 6) is -1.19. The van der Waals surface area contributed by atoms with Gasteiger partial charge in [0.1, 0.15) is 11.6 Å². The molecule has 0 unspecified atom stereocenters. The standard InChI is InChI=1S/C11H16F2O3Si/c1-3-14-11(15-4-2)16-17-10-6-8(12)5-9(13)7-10/h5-7,11H,3-4,17H2,1-2H3. The minimum atomic E-state index is -1.27. The van der Waals surface area contributed by atoms with Gasteiger partial charge in [0.15, 0.2) is 9.76 Å². The lowest BCUT2D eigenvalue weighted by Gasteiger charge is -2.17. The molecule has 0 aliphatic rings. The lowest BCUT2D eigenvalue weighted by Crippen LogP contribution is -2.29. The van der Waals surface area contributed by atoms with Crippen LogP contribution < -0.4 is 5.19 Å². The summed E-state index contributed by atoms with van der Waals surface area (Å²) in [6.45, 7) is 3.80. The van der Waals surface area contributed by atoms with Gasteiger partial charge in [0.2, 0.25) is 0 Å². The van der Waals surface area contributed by atoms with Crippen LogP contribution >= 0.6 is 0 Å². The Balaban J connectivity index is 2.52. The molecule has 1 aromatic carbocycles. The highest BCUT2D eigenvalue weighted by Crippen LogP contribution is 2.01. The zero-order chi connectivity index (χ0) is 12.7. The first-order valence-electron chi connectivity index (χ1n) is 5.45. The van der Waals surface area contributed by atoms with Gasteiger partial charge in [0, 0.05) is 19.3 Å². The molecule has 17 heavy (non-hydrogen) atoms. The van der Waals surface area contributed by atoms with Gasteiger partial charge in [-0.25, -0.2) is 8.78 Å². The average Bonchev–Trinajstić information content (AvgIpc) is 2.25. The van der Waals surface area contributed by atoms with E-state index in [9.17, 15) is 8.78 Å². The first-order valence-corrected chi connectivity index (χ1v) is 6.74. The van der Waals surface area contributed by atoms with Gasteiger partial charge in [-0.1, -0.05) is 0 Å². The molecule has 3 nitrogen and oxygen atoms in total. The maximum Gasteiger partial charge on any atom is 0.261 e. The first-order chi connectivity index (χ1) is 8.15. The molecule has 0 aliphatic carbocycles. The van der Waals surface area contributed by atoms with Crippen molar-refractivity contribution in [3.63, 3.8) is 0 Å². The van der Waals surface area contributed by atoms with E-state index in [0.29, 0.717) is 18.4 Å². The summed E-state index contributed by atoms with van der Waals surface area (Å²) in [7, 11) is -1.27. The fourth-order valence-electron chi connectivity index (χ4n) is 1.28. The maximum absolute atomic E-state index is 12.9. The zero-order valence-electron chi connectivity index (χ0n) is 9.91. The third-order valence-electron chi connectivity index (χ3n) is 1.91. The largest absolute Gasteiger partial charge is 0.373 e. The van der Waals surface area contributed by atoms with Gasteiger partial charge in [-0.15, -0.1) is 0 Å². The first kappa shape index (κ1) is 14.2. The van der Waals surface area contributed by atoms with E-state index in [0.717, 1.165) is 6.07 Å². The summed E-state index contributed by atoms with van der Waals surface area (Å²) >= 11 is 0. The van der Waals surface area contributed by atoms with Gasteiger partial charge in [0.05, 0.1) is 0 Å². The predicted molar refractivity (Wildman–Crippen MR) is 62.7 cm³/mol. The Morgan fingerprint density at radius 1 is 1.06 bits per heavy atom. The third-order valence-corrected chi connectivity index (χ3v) is 3.09. The lowest BCUT2D eigenvalue weighted by atomic mass is 10.3. The Labute approximate surface area is 102 Å². The molecule has 0 amide bonds. The van der Waals surface area contributed by atoms with Crippen LogP contribution in [0.1, 0.15) is 13.8 Å². The van der Waals surface area contributed by atoms with E-state index in [4.69, 9.17) is 13.9 Å². The molecular formula is C11H16F2O3Si. The topological polar surface area (TPSA) is 27.7 Å². The molecule has 96 valence electrons. The van der Waals surface area contributed by atoms with E-state index in [1.165, 1.54) is 12.1 Å². The van der Waals surface area contributed by atoms with Crippen LogP contribution in [-0.2, 0) is 13.9 Å². The minimum absolute atomic E-state index is 0.455. The molecule has 0 saturated heterocycles. The van der Waals surface area contributed by atoms with Crippen molar-refractivity contribution in [2.24, 2.45) is 0 Å². The minimum Gasteiger partial charge on any atom is -0.373 e. The summed E-state index contributed by atoms with van der Waals surface area (Å²) in [6, 6.07) is 3.37. The molecule has 0 saturated carbocycles. The number of hydrogen-bond donors (Lipinski definition) is 0. The Kier molecular flexibility index (Phi) is 6.28. The molecule has 0 radical (unpaired) electrons. The van der Waals surface area contributed by atoms with Crippen molar-refractivity contribution in [3.8, 4) is 0 Å². The third kappa shape index (κ3) is 5.36. The molecule has 0 bridgehead atoms. The summed E-state index contributed by atoms with van der Waals surface area (Å²) < 4.78 is 41.5. The lowest BCUT2D eigenvalue weighted by molar-refractivity contribution is -0.242. The van der Waals surface area contributed by atoms with Crippen LogP contribution in [0, 0.1) is 11.6 Å². The van der Waals surface area contributed by atoms with Crippen LogP contribution in [0.4, 0.5) is 8.78 Å². The van der Waals surface area contributed by atoms with E-state index in [1.54, 1.807) is 0 Å². The van der Waals surface area contributed by atoms with E-state index in [2.05, 4.69) is 0 Å². The SMILES string of the molecule is CCOC(OCC)O[SiH2]c1cc(F)cc(F)c1. The quantitative estimate of drug-likeness (QED) is 0.543. The van der Waals surface area contributed by atoms with Crippen LogP contribution in [0.5, 0.6) is 0 Å². The van der Waals surface area contributed by atoms with Crippen LogP contribution in [-0.4, -0.2) is 29.5 Å². The number of rotatable bonds is 7. The van der Waals surface area contributed by atoms with Gasteiger partial charge >= 0.3 is 0 Å². The van der Waals surface area contributed by atoms with Crippen molar-refractivity contribution in [2.45, 2.75) is 20.3 Å². The highest BCUT2D eigenvalue weighted by molar-refractivity contribution is 6.46. The smallest absolute Gasteiger partial charge is 0.261 e. The number of hydrogen-bond acceptors (Lipinski definition) is 3. The molecule has 0 atom stereocenters. The van der Waals surface area contributed by atoms with Crippen LogP contribution in [0.2, 0.25) is 0 Å². The van der Waals surface area contributed by atoms with Crippen LogP contribution in [0.15, 0.2) is 18.2 Å². The van der Waals surface area contributed by atoms with Crippen molar-refractivity contribution in [3.05, 3.63) is 29.8 Å². The number of halogens is 2. The number of ether oxygens (including phenoxy) is 2. The monoisotopic (exact) mass is 262 g/mol. The molecule has 0 N–H and O–H groups in total. The van der Waals surface area contributed by atoms with Crippen molar-refractivity contribution in [1.29, 1.82) is 0 Å². The van der Waals surface area contributed by atoms with Crippen molar-refractivity contribution in [2.75, 3.05) is 13.2 Å². The molecule has 0 aromatic heterocycles. The van der Waals surface area contributed by atoms with Crippen molar-refractivity contribution >= 4 is 14.9 Å². The molecule has 1 rings (SSSR count). The second-order valence-electron chi connectivity index (χ2n) is 3.29. The molecule has 1 aromatic rings. The van der Waals surface area contributed by atoms with Gasteiger partial charge in [-0.2, -0.15) is 0 Å². The maximum atomic E-state index is 12.9. The fraction of sp³-hybridized carbons (Fsp3) is 0.455. The fourth-order valence-corrected chi connectivity index (χ4v) is 2.35. The summed E-state index contributed by atoms with van der Waals surface area (Å²) in [5, 5.41) is 0.534. The Bertz CT molecular complexity index is 323. The van der Waals surface area contributed by atoms with Crippen LogP contribution in [0.25, 0.3) is 0 Å². The highest BCUT2D eigenvalue weighted by Gasteiger charge is 2.09. The Morgan fingerprint density at radius 3 is 2.06 bits per heavy atom. The van der Waals surface area contributed by atoms with Gasteiger partial charge in [0.25, 0.3) is 6.48 Å². The average molecular weight is 262 g/mol. The van der Waals surface area contributed by atoms with E-state index in [-0.39, 0.29) is 0 Å². The van der Waals surface area contributed by atoms with E-state index < -0.39 is 27.9 Å².